The average Bonchev–Trinajstić information content (AvgIpc) is 2.36. The van der Waals surface area contributed by atoms with Crippen molar-refractivity contribution >= 4 is 17.5 Å². The van der Waals surface area contributed by atoms with Gasteiger partial charge in [-0.15, -0.1) is 0 Å². The fourth-order valence-electron chi connectivity index (χ4n) is 2.38. The Bertz CT molecular complexity index is 467. The molecule has 5 heteroatoms. The van der Waals surface area contributed by atoms with E-state index in [9.17, 15) is 14.3 Å². The zero-order valence-electron chi connectivity index (χ0n) is 10.5. The molecule has 2 rings (SSSR count). The molecule has 0 radical (unpaired) electrons. The first-order valence-electron chi connectivity index (χ1n) is 6.47. The number of rotatable bonds is 3. The van der Waals surface area contributed by atoms with Crippen molar-refractivity contribution in [3.63, 3.8) is 0 Å². The van der Waals surface area contributed by atoms with Gasteiger partial charge in [0.2, 0.25) is 5.91 Å². The summed E-state index contributed by atoms with van der Waals surface area (Å²) in [5.41, 5.74) is 0.589. The molecule has 2 N–H and O–H groups in total. The van der Waals surface area contributed by atoms with Crippen LogP contribution < -0.4 is 5.32 Å². The Hall–Kier alpha value is -1.13. The summed E-state index contributed by atoms with van der Waals surface area (Å²) in [5, 5.41) is 12.9. The third-order valence-electron chi connectivity index (χ3n) is 3.44. The van der Waals surface area contributed by atoms with Gasteiger partial charge in [0.05, 0.1) is 18.6 Å². The predicted molar refractivity (Wildman–Crippen MR) is 71.5 cm³/mol. The first kappa shape index (κ1) is 14.3. The smallest absolute Gasteiger partial charge is 0.224 e. The van der Waals surface area contributed by atoms with Gasteiger partial charge in [-0.3, -0.25) is 4.79 Å². The highest BCUT2D eigenvalue weighted by Crippen LogP contribution is 2.20. The van der Waals surface area contributed by atoms with Crippen LogP contribution in [0.2, 0.25) is 5.02 Å². The molecule has 1 aliphatic carbocycles. The number of benzene rings is 1. The van der Waals surface area contributed by atoms with Crippen LogP contribution in [-0.4, -0.2) is 23.2 Å². The molecule has 0 saturated heterocycles. The van der Waals surface area contributed by atoms with Crippen LogP contribution in [0.4, 0.5) is 4.39 Å². The summed E-state index contributed by atoms with van der Waals surface area (Å²) in [5.74, 6) is -0.615. The Morgan fingerprint density at radius 2 is 2.16 bits per heavy atom. The second kappa shape index (κ2) is 6.35. The molecule has 2 unspecified atom stereocenters. The van der Waals surface area contributed by atoms with Crippen molar-refractivity contribution in [2.45, 2.75) is 44.2 Å². The van der Waals surface area contributed by atoms with Crippen LogP contribution in [0.5, 0.6) is 0 Å². The molecular formula is C14H17ClFNO2. The molecule has 0 aliphatic heterocycles. The standard InChI is InChI=1S/C14H17ClFNO2/c15-11-8-10(16)6-5-9(11)7-14(19)17-12-3-1-2-4-13(12)18/h5-6,8,12-13,18H,1-4,7H2,(H,17,19). The Balaban J connectivity index is 1.93. The number of nitrogens with one attached hydrogen (secondary N) is 1. The van der Waals surface area contributed by atoms with E-state index in [1.165, 1.54) is 18.2 Å². The maximum atomic E-state index is 12.9. The average molecular weight is 286 g/mol. The fourth-order valence-corrected chi connectivity index (χ4v) is 2.61. The summed E-state index contributed by atoms with van der Waals surface area (Å²) < 4.78 is 12.9. The number of carbonyl (C=O) groups excluding carboxylic acids is 1. The fraction of sp³-hybridized carbons (Fsp3) is 0.500. The number of halogens is 2. The lowest BCUT2D eigenvalue weighted by molar-refractivity contribution is -0.122. The van der Waals surface area contributed by atoms with Gasteiger partial charge in [-0.05, 0) is 30.5 Å². The molecule has 1 fully saturated rings. The van der Waals surface area contributed by atoms with Crippen LogP contribution >= 0.6 is 11.6 Å². The Kier molecular flexibility index (Phi) is 4.77. The molecule has 1 aliphatic rings. The SMILES string of the molecule is O=C(Cc1ccc(F)cc1Cl)NC1CCCCC1O. The van der Waals surface area contributed by atoms with Crippen LogP contribution in [0, 0.1) is 5.82 Å². The number of amides is 1. The van der Waals surface area contributed by atoms with Crippen molar-refractivity contribution in [3.8, 4) is 0 Å². The molecule has 104 valence electrons. The normalized spacial score (nSPS) is 23.1. The van der Waals surface area contributed by atoms with Crippen molar-refractivity contribution in [1.29, 1.82) is 0 Å². The maximum Gasteiger partial charge on any atom is 0.224 e. The minimum absolute atomic E-state index is 0.0995. The first-order chi connectivity index (χ1) is 9.06. The van der Waals surface area contributed by atoms with Gasteiger partial charge in [-0.25, -0.2) is 4.39 Å². The van der Waals surface area contributed by atoms with Crippen molar-refractivity contribution < 1.29 is 14.3 Å². The molecule has 1 aromatic carbocycles. The number of hydrogen-bond donors (Lipinski definition) is 2. The van der Waals surface area contributed by atoms with E-state index in [4.69, 9.17) is 11.6 Å². The van der Waals surface area contributed by atoms with Gasteiger partial charge in [0.1, 0.15) is 5.82 Å². The molecular weight excluding hydrogens is 269 g/mol. The minimum Gasteiger partial charge on any atom is -0.391 e. The van der Waals surface area contributed by atoms with E-state index in [2.05, 4.69) is 5.32 Å². The molecule has 1 saturated carbocycles. The van der Waals surface area contributed by atoms with Crippen LogP contribution in [0.3, 0.4) is 0 Å². The van der Waals surface area contributed by atoms with Gasteiger partial charge in [-0.1, -0.05) is 30.5 Å². The number of carbonyl (C=O) groups is 1. The quantitative estimate of drug-likeness (QED) is 0.896. The lowest BCUT2D eigenvalue weighted by atomic mass is 9.92. The molecule has 1 aromatic rings. The zero-order valence-corrected chi connectivity index (χ0v) is 11.3. The van der Waals surface area contributed by atoms with E-state index >= 15 is 0 Å². The number of hydrogen-bond acceptors (Lipinski definition) is 2. The van der Waals surface area contributed by atoms with Crippen LogP contribution in [0.25, 0.3) is 0 Å². The van der Waals surface area contributed by atoms with Gasteiger partial charge in [0.15, 0.2) is 0 Å². The molecule has 0 bridgehead atoms. The van der Waals surface area contributed by atoms with Crippen molar-refractivity contribution in [3.05, 3.63) is 34.6 Å². The highest BCUT2D eigenvalue weighted by atomic mass is 35.5. The Labute approximate surface area is 116 Å². The van der Waals surface area contributed by atoms with E-state index in [-0.39, 0.29) is 23.4 Å². The summed E-state index contributed by atoms with van der Waals surface area (Å²) in [6, 6.07) is 3.80. The van der Waals surface area contributed by atoms with Gasteiger partial charge < -0.3 is 10.4 Å². The van der Waals surface area contributed by atoms with E-state index in [0.29, 0.717) is 5.56 Å². The van der Waals surface area contributed by atoms with E-state index in [1.54, 1.807) is 0 Å². The lowest BCUT2D eigenvalue weighted by Crippen LogP contribution is -2.45. The van der Waals surface area contributed by atoms with E-state index < -0.39 is 11.9 Å². The summed E-state index contributed by atoms with van der Waals surface area (Å²) in [4.78, 5) is 11.9. The van der Waals surface area contributed by atoms with Crippen molar-refractivity contribution in [1.82, 2.24) is 5.32 Å². The largest absolute Gasteiger partial charge is 0.391 e. The topological polar surface area (TPSA) is 49.3 Å². The third kappa shape index (κ3) is 3.91. The minimum atomic E-state index is -0.471. The van der Waals surface area contributed by atoms with Gasteiger partial charge in [-0.2, -0.15) is 0 Å². The number of aliphatic hydroxyl groups is 1. The highest BCUT2D eigenvalue weighted by molar-refractivity contribution is 6.31. The molecule has 0 heterocycles. The van der Waals surface area contributed by atoms with E-state index in [0.717, 1.165) is 25.7 Å². The molecule has 19 heavy (non-hydrogen) atoms. The van der Waals surface area contributed by atoms with Crippen molar-refractivity contribution in [2.24, 2.45) is 0 Å². The summed E-state index contributed by atoms with van der Waals surface area (Å²) in [7, 11) is 0. The third-order valence-corrected chi connectivity index (χ3v) is 3.79. The van der Waals surface area contributed by atoms with Crippen LogP contribution in [-0.2, 0) is 11.2 Å². The van der Waals surface area contributed by atoms with Gasteiger partial charge in [0.25, 0.3) is 0 Å². The molecule has 0 aromatic heterocycles. The lowest BCUT2D eigenvalue weighted by Gasteiger charge is -2.28. The van der Waals surface area contributed by atoms with Crippen molar-refractivity contribution in [2.75, 3.05) is 0 Å². The second-order valence-corrected chi connectivity index (χ2v) is 5.35. The predicted octanol–water partition coefficient (Wildman–Crippen LogP) is 2.44. The summed E-state index contributed by atoms with van der Waals surface area (Å²) in [6.45, 7) is 0. The summed E-state index contributed by atoms with van der Waals surface area (Å²) >= 11 is 5.88. The second-order valence-electron chi connectivity index (χ2n) is 4.94. The van der Waals surface area contributed by atoms with Gasteiger partial charge in [0, 0.05) is 5.02 Å². The molecule has 2 atom stereocenters. The highest BCUT2D eigenvalue weighted by Gasteiger charge is 2.24. The Morgan fingerprint density at radius 3 is 2.84 bits per heavy atom. The monoisotopic (exact) mass is 285 g/mol. The number of aliphatic hydroxyl groups excluding tert-OH is 1. The first-order valence-corrected chi connectivity index (χ1v) is 6.85. The van der Waals surface area contributed by atoms with Gasteiger partial charge >= 0.3 is 0 Å². The Morgan fingerprint density at radius 1 is 1.42 bits per heavy atom. The maximum absolute atomic E-state index is 12.9. The molecule has 3 nitrogen and oxygen atoms in total. The molecule has 1 amide bonds. The summed E-state index contributed by atoms with van der Waals surface area (Å²) in [6.07, 6.45) is 3.16. The van der Waals surface area contributed by atoms with Crippen LogP contribution in [0.15, 0.2) is 18.2 Å². The molecule has 0 spiro atoms. The zero-order chi connectivity index (χ0) is 13.8. The van der Waals surface area contributed by atoms with E-state index in [1.807, 2.05) is 0 Å². The van der Waals surface area contributed by atoms with Crippen LogP contribution in [0.1, 0.15) is 31.2 Å².